The van der Waals surface area contributed by atoms with Gasteiger partial charge in [0.25, 0.3) is 0 Å². The van der Waals surface area contributed by atoms with Crippen molar-refractivity contribution in [2.75, 3.05) is 24.9 Å². The fourth-order valence-electron chi connectivity index (χ4n) is 1.47. The maximum absolute atomic E-state index is 11.6. The standard InChI is InChI=1S/C14H16N2O5/c1-9(17)15-10-5-4-6-11(7-10)16-12(14(19)21-3)8-13(18)20-2/h4-8,16H,1-3H3,(H,15,17)/b12-8+. The molecule has 0 aliphatic rings. The molecular formula is C14H16N2O5. The normalized spacial score (nSPS) is 10.5. The molecule has 112 valence electrons. The maximum atomic E-state index is 11.6. The third kappa shape index (κ3) is 5.35. The van der Waals surface area contributed by atoms with Gasteiger partial charge in [0.05, 0.1) is 20.3 Å². The fourth-order valence-corrected chi connectivity index (χ4v) is 1.47. The summed E-state index contributed by atoms with van der Waals surface area (Å²) in [4.78, 5) is 33.8. The summed E-state index contributed by atoms with van der Waals surface area (Å²) >= 11 is 0. The molecule has 21 heavy (non-hydrogen) atoms. The van der Waals surface area contributed by atoms with Crippen LogP contribution in [0.3, 0.4) is 0 Å². The van der Waals surface area contributed by atoms with Crippen molar-refractivity contribution >= 4 is 29.2 Å². The van der Waals surface area contributed by atoms with E-state index in [0.717, 1.165) is 6.08 Å². The Morgan fingerprint density at radius 3 is 2.19 bits per heavy atom. The van der Waals surface area contributed by atoms with E-state index in [0.29, 0.717) is 11.4 Å². The number of anilines is 2. The quantitative estimate of drug-likeness (QED) is 0.627. The minimum Gasteiger partial charge on any atom is -0.466 e. The summed E-state index contributed by atoms with van der Waals surface area (Å²) < 4.78 is 9.05. The third-order valence-corrected chi connectivity index (χ3v) is 2.33. The summed E-state index contributed by atoms with van der Waals surface area (Å²) in [7, 11) is 2.40. The molecule has 1 rings (SSSR count). The van der Waals surface area contributed by atoms with Gasteiger partial charge >= 0.3 is 11.9 Å². The van der Waals surface area contributed by atoms with E-state index in [1.165, 1.54) is 21.1 Å². The van der Waals surface area contributed by atoms with Crippen LogP contribution in [0.15, 0.2) is 36.0 Å². The molecule has 0 atom stereocenters. The van der Waals surface area contributed by atoms with E-state index in [9.17, 15) is 14.4 Å². The number of carbonyl (C=O) groups excluding carboxylic acids is 3. The molecule has 0 spiro atoms. The first-order chi connectivity index (χ1) is 9.96. The van der Waals surface area contributed by atoms with Crippen LogP contribution in [0.2, 0.25) is 0 Å². The predicted octanol–water partition coefficient (Wildman–Crippen LogP) is 1.29. The van der Waals surface area contributed by atoms with Gasteiger partial charge in [-0.2, -0.15) is 0 Å². The third-order valence-electron chi connectivity index (χ3n) is 2.33. The molecule has 7 nitrogen and oxygen atoms in total. The molecule has 0 saturated heterocycles. The summed E-state index contributed by atoms with van der Waals surface area (Å²) in [6.07, 6.45) is 0.983. The monoisotopic (exact) mass is 292 g/mol. The van der Waals surface area contributed by atoms with E-state index in [1.807, 2.05) is 0 Å². The Morgan fingerprint density at radius 2 is 1.67 bits per heavy atom. The first-order valence-electron chi connectivity index (χ1n) is 5.99. The Morgan fingerprint density at radius 1 is 1.05 bits per heavy atom. The van der Waals surface area contributed by atoms with Gasteiger partial charge in [0.15, 0.2) is 0 Å². The van der Waals surface area contributed by atoms with Crippen LogP contribution in [0.4, 0.5) is 11.4 Å². The van der Waals surface area contributed by atoms with Gasteiger partial charge in [0.1, 0.15) is 5.70 Å². The van der Waals surface area contributed by atoms with Gasteiger partial charge in [-0.05, 0) is 18.2 Å². The SMILES string of the molecule is COC(=O)/C=C(/Nc1cccc(NC(C)=O)c1)C(=O)OC. The number of esters is 2. The first-order valence-corrected chi connectivity index (χ1v) is 5.99. The van der Waals surface area contributed by atoms with Crippen molar-refractivity contribution in [3.63, 3.8) is 0 Å². The van der Waals surface area contributed by atoms with Gasteiger partial charge in [0.2, 0.25) is 5.91 Å². The number of rotatable bonds is 5. The molecule has 0 aliphatic heterocycles. The van der Waals surface area contributed by atoms with Gasteiger partial charge in [-0.25, -0.2) is 9.59 Å². The van der Waals surface area contributed by atoms with Crippen molar-refractivity contribution in [1.29, 1.82) is 0 Å². The van der Waals surface area contributed by atoms with Crippen LogP contribution in [0, 0.1) is 0 Å². The van der Waals surface area contributed by atoms with E-state index in [2.05, 4.69) is 20.1 Å². The summed E-state index contributed by atoms with van der Waals surface area (Å²) in [6, 6.07) is 6.64. The van der Waals surface area contributed by atoms with Crippen LogP contribution < -0.4 is 10.6 Å². The fraction of sp³-hybridized carbons (Fsp3) is 0.214. The van der Waals surface area contributed by atoms with Crippen molar-refractivity contribution < 1.29 is 23.9 Å². The van der Waals surface area contributed by atoms with Gasteiger partial charge in [0, 0.05) is 18.3 Å². The van der Waals surface area contributed by atoms with Crippen molar-refractivity contribution in [2.24, 2.45) is 0 Å². The molecule has 0 heterocycles. The van der Waals surface area contributed by atoms with E-state index in [-0.39, 0.29) is 11.6 Å². The lowest BCUT2D eigenvalue weighted by Crippen LogP contribution is -2.15. The zero-order valence-corrected chi connectivity index (χ0v) is 11.9. The molecular weight excluding hydrogens is 276 g/mol. The van der Waals surface area contributed by atoms with E-state index >= 15 is 0 Å². The van der Waals surface area contributed by atoms with Crippen molar-refractivity contribution in [3.05, 3.63) is 36.0 Å². The number of amides is 1. The second-order valence-electron chi connectivity index (χ2n) is 3.96. The second-order valence-corrected chi connectivity index (χ2v) is 3.96. The molecule has 0 aromatic heterocycles. The average Bonchev–Trinajstić information content (AvgIpc) is 2.45. The smallest absolute Gasteiger partial charge is 0.354 e. The molecule has 0 saturated carbocycles. The molecule has 1 aromatic carbocycles. The Kier molecular flexibility index (Phi) is 5.94. The Labute approximate surface area is 121 Å². The van der Waals surface area contributed by atoms with Gasteiger partial charge in [-0.1, -0.05) is 6.07 Å². The van der Waals surface area contributed by atoms with E-state index in [4.69, 9.17) is 0 Å². The largest absolute Gasteiger partial charge is 0.466 e. The molecule has 2 N–H and O–H groups in total. The highest BCUT2D eigenvalue weighted by Crippen LogP contribution is 2.17. The maximum Gasteiger partial charge on any atom is 0.354 e. The summed E-state index contributed by atoms with van der Waals surface area (Å²) in [5, 5.41) is 5.35. The van der Waals surface area contributed by atoms with Crippen LogP contribution in [0.1, 0.15) is 6.92 Å². The highest BCUT2D eigenvalue weighted by atomic mass is 16.5. The lowest BCUT2D eigenvalue weighted by Gasteiger charge is -2.10. The second kappa shape index (κ2) is 7.68. The number of hydrogen-bond donors (Lipinski definition) is 2. The zero-order valence-electron chi connectivity index (χ0n) is 11.9. The number of benzene rings is 1. The predicted molar refractivity (Wildman–Crippen MR) is 76.5 cm³/mol. The Bertz CT molecular complexity index is 580. The van der Waals surface area contributed by atoms with Gasteiger partial charge in [-0.15, -0.1) is 0 Å². The van der Waals surface area contributed by atoms with Crippen molar-refractivity contribution in [3.8, 4) is 0 Å². The lowest BCUT2D eigenvalue weighted by atomic mass is 10.2. The molecule has 0 fully saturated rings. The molecule has 0 unspecified atom stereocenters. The molecule has 0 aliphatic carbocycles. The number of hydrogen-bond acceptors (Lipinski definition) is 6. The zero-order chi connectivity index (χ0) is 15.8. The van der Waals surface area contributed by atoms with E-state index < -0.39 is 11.9 Å². The Hall–Kier alpha value is -2.83. The number of methoxy groups -OCH3 is 2. The van der Waals surface area contributed by atoms with Crippen LogP contribution in [0.25, 0.3) is 0 Å². The average molecular weight is 292 g/mol. The summed E-state index contributed by atoms with van der Waals surface area (Å²) in [5.74, 6) is -1.63. The summed E-state index contributed by atoms with van der Waals surface area (Å²) in [5.41, 5.74) is 0.973. The van der Waals surface area contributed by atoms with E-state index in [1.54, 1.807) is 24.3 Å². The Balaban J connectivity index is 2.98. The molecule has 0 radical (unpaired) electrons. The van der Waals surface area contributed by atoms with Crippen LogP contribution in [-0.4, -0.2) is 32.1 Å². The number of ether oxygens (including phenoxy) is 2. The van der Waals surface area contributed by atoms with Crippen molar-refractivity contribution in [1.82, 2.24) is 0 Å². The van der Waals surface area contributed by atoms with Crippen LogP contribution >= 0.6 is 0 Å². The molecule has 0 bridgehead atoms. The highest BCUT2D eigenvalue weighted by Gasteiger charge is 2.13. The molecule has 1 aromatic rings. The lowest BCUT2D eigenvalue weighted by molar-refractivity contribution is -0.138. The van der Waals surface area contributed by atoms with Gasteiger partial charge in [-0.3, -0.25) is 4.79 Å². The molecule has 7 heteroatoms. The van der Waals surface area contributed by atoms with Crippen LogP contribution in [0.5, 0.6) is 0 Å². The number of carbonyl (C=O) groups is 3. The van der Waals surface area contributed by atoms with Gasteiger partial charge < -0.3 is 20.1 Å². The minimum atomic E-state index is -0.717. The first kappa shape index (κ1) is 16.2. The number of nitrogens with one attached hydrogen (secondary N) is 2. The minimum absolute atomic E-state index is 0.0793. The summed E-state index contributed by atoms with van der Waals surface area (Å²) in [6.45, 7) is 1.39. The highest BCUT2D eigenvalue weighted by molar-refractivity contribution is 5.99. The van der Waals surface area contributed by atoms with Crippen LogP contribution in [-0.2, 0) is 23.9 Å². The van der Waals surface area contributed by atoms with Crippen molar-refractivity contribution in [2.45, 2.75) is 6.92 Å². The molecule has 1 amide bonds. The topological polar surface area (TPSA) is 93.7 Å².